The lowest BCUT2D eigenvalue weighted by Gasteiger charge is -2.22. The predicted molar refractivity (Wildman–Crippen MR) is 103 cm³/mol. The third kappa shape index (κ3) is 3.13. The van der Waals surface area contributed by atoms with Crippen LogP contribution in [0.4, 0.5) is 14.5 Å². The molecule has 0 spiro atoms. The van der Waals surface area contributed by atoms with Gasteiger partial charge in [0, 0.05) is 31.2 Å². The van der Waals surface area contributed by atoms with Gasteiger partial charge in [-0.05, 0) is 18.9 Å². The molecule has 1 aromatic heterocycles. The lowest BCUT2D eigenvalue weighted by molar-refractivity contribution is 0.0694. The van der Waals surface area contributed by atoms with Crippen molar-refractivity contribution < 1.29 is 23.5 Å². The van der Waals surface area contributed by atoms with Crippen LogP contribution in [0.3, 0.4) is 0 Å². The van der Waals surface area contributed by atoms with Gasteiger partial charge in [0.15, 0.2) is 5.82 Å². The highest BCUT2D eigenvalue weighted by Gasteiger charge is 2.35. The van der Waals surface area contributed by atoms with Gasteiger partial charge in [-0.1, -0.05) is 5.16 Å². The Morgan fingerprint density at radius 3 is 2.72 bits per heavy atom. The van der Waals surface area contributed by atoms with E-state index in [1.165, 1.54) is 16.6 Å². The molecule has 1 aliphatic heterocycles. The first-order chi connectivity index (χ1) is 13.9. The number of aromatic nitrogens is 1. The number of fused-ring (bicyclic) bond motifs is 1. The Labute approximate surface area is 164 Å². The molecule has 0 bridgehead atoms. The Morgan fingerprint density at radius 2 is 2.14 bits per heavy atom. The summed E-state index contributed by atoms with van der Waals surface area (Å²) >= 11 is 0. The van der Waals surface area contributed by atoms with Gasteiger partial charge in [0.25, 0.3) is 0 Å². The van der Waals surface area contributed by atoms with Crippen LogP contribution in [0, 0.1) is 17.6 Å². The zero-order valence-electron chi connectivity index (χ0n) is 15.7. The van der Waals surface area contributed by atoms with Crippen molar-refractivity contribution in [3.63, 3.8) is 0 Å². The number of halogens is 2. The van der Waals surface area contributed by atoms with Crippen molar-refractivity contribution in [2.45, 2.75) is 18.9 Å². The van der Waals surface area contributed by atoms with E-state index < -0.39 is 28.6 Å². The maximum Gasteiger partial charge on any atom is 0.341 e. The molecule has 2 aliphatic rings. The number of rotatable bonds is 5. The average molecular weight is 406 g/mol. The lowest BCUT2D eigenvalue weighted by atomic mass is 10.1. The minimum absolute atomic E-state index is 0.0830. The van der Waals surface area contributed by atoms with Crippen LogP contribution in [0.5, 0.6) is 0 Å². The second kappa shape index (κ2) is 7.11. The van der Waals surface area contributed by atoms with Gasteiger partial charge < -0.3 is 25.1 Å². The number of nitrogens with zero attached hydrogens (tertiary/aromatic N) is 3. The maximum atomic E-state index is 15.6. The summed E-state index contributed by atoms with van der Waals surface area (Å²) in [6.07, 6.45) is 2.61. The second-order valence-electron chi connectivity index (χ2n) is 7.31. The standard InChI is InChI=1S/C19H20F2N4O4/c1-29-23-14-8-24(6-9(14)5-22)17-13(20)4-11-16(15(17)21)25(10-2-3-10)7-12(18(11)26)19(27)28/h4,7,9-10H,2-3,5-6,8,22H2,1H3,(H,27,28)/b23-14-. The van der Waals surface area contributed by atoms with Gasteiger partial charge in [0.1, 0.15) is 24.2 Å². The minimum atomic E-state index is -1.43. The van der Waals surface area contributed by atoms with E-state index in [1.807, 2.05) is 0 Å². The molecule has 2 aromatic rings. The van der Waals surface area contributed by atoms with Crippen molar-refractivity contribution in [3.05, 3.63) is 39.7 Å². The first kappa shape index (κ1) is 19.3. The summed E-state index contributed by atoms with van der Waals surface area (Å²) in [7, 11) is 1.38. The molecule has 0 radical (unpaired) electrons. The first-order valence-electron chi connectivity index (χ1n) is 9.22. The number of carboxylic acid groups (broad SMARTS) is 1. The third-order valence-electron chi connectivity index (χ3n) is 5.43. The first-order valence-corrected chi connectivity index (χ1v) is 9.22. The Balaban J connectivity index is 1.93. The highest BCUT2D eigenvalue weighted by molar-refractivity contribution is 5.96. The molecule has 2 fully saturated rings. The molecule has 1 atom stereocenters. The number of pyridine rings is 1. The molecule has 1 unspecified atom stereocenters. The van der Waals surface area contributed by atoms with E-state index in [4.69, 9.17) is 10.6 Å². The summed E-state index contributed by atoms with van der Waals surface area (Å²) < 4.78 is 32.0. The molecule has 1 saturated carbocycles. The molecule has 8 nitrogen and oxygen atoms in total. The highest BCUT2D eigenvalue weighted by atomic mass is 19.1. The summed E-state index contributed by atoms with van der Waals surface area (Å²) in [4.78, 5) is 30.3. The number of hydrogen-bond acceptors (Lipinski definition) is 6. The normalized spacial score (nSPS) is 20.6. The largest absolute Gasteiger partial charge is 0.477 e. The zero-order chi connectivity index (χ0) is 20.9. The summed E-state index contributed by atoms with van der Waals surface area (Å²) in [5.74, 6) is -3.48. The molecule has 29 heavy (non-hydrogen) atoms. The molecule has 1 aromatic carbocycles. The smallest absolute Gasteiger partial charge is 0.341 e. The molecule has 2 heterocycles. The summed E-state index contributed by atoms with van der Waals surface area (Å²) in [5, 5.41) is 12.9. The van der Waals surface area contributed by atoms with E-state index in [9.17, 15) is 19.1 Å². The molecule has 3 N–H and O–H groups in total. The molecular weight excluding hydrogens is 386 g/mol. The maximum absolute atomic E-state index is 15.6. The van der Waals surface area contributed by atoms with Crippen LogP contribution >= 0.6 is 0 Å². The van der Waals surface area contributed by atoms with Crippen LogP contribution in [0.15, 0.2) is 22.2 Å². The number of hydrogen-bond donors (Lipinski definition) is 2. The van der Waals surface area contributed by atoms with Crippen LogP contribution in [-0.2, 0) is 4.84 Å². The molecule has 1 aliphatic carbocycles. The molecule has 10 heteroatoms. The number of anilines is 1. The van der Waals surface area contributed by atoms with E-state index in [0.29, 0.717) is 5.71 Å². The number of aromatic carboxylic acids is 1. The van der Waals surface area contributed by atoms with E-state index in [1.54, 1.807) is 0 Å². The highest BCUT2D eigenvalue weighted by Crippen LogP contribution is 2.40. The topological polar surface area (TPSA) is 110 Å². The van der Waals surface area contributed by atoms with Gasteiger partial charge in [-0.25, -0.2) is 13.6 Å². The van der Waals surface area contributed by atoms with Gasteiger partial charge in [-0.15, -0.1) is 0 Å². The van der Waals surface area contributed by atoms with Gasteiger partial charge in [0.2, 0.25) is 5.43 Å². The van der Waals surface area contributed by atoms with Crippen LogP contribution in [0.25, 0.3) is 10.9 Å². The fraction of sp³-hybridized carbons (Fsp3) is 0.421. The predicted octanol–water partition coefficient (Wildman–Crippen LogP) is 1.71. The van der Waals surface area contributed by atoms with Crippen LogP contribution in [0.2, 0.25) is 0 Å². The number of nitrogens with two attached hydrogens (primary N) is 1. The molecule has 0 amide bonds. The lowest BCUT2D eigenvalue weighted by Crippen LogP contribution is -2.26. The summed E-state index contributed by atoms with van der Waals surface area (Å²) in [5.41, 5.74) is 4.55. The Bertz CT molecular complexity index is 1090. The van der Waals surface area contributed by atoms with Gasteiger partial charge in [-0.2, -0.15) is 0 Å². The van der Waals surface area contributed by atoms with Crippen LogP contribution in [-0.4, -0.2) is 48.1 Å². The molecule has 1 saturated heterocycles. The Kier molecular flexibility index (Phi) is 4.73. The minimum Gasteiger partial charge on any atom is -0.477 e. The Hall–Kier alpha value is -3.01. The number of oxime groups is 1. The average Bonchev–Trinajstić information content (AvgIpc) is 3.44. The second-order valence-corrected chi connectivity index (χ2v) is 7.31. The van der Waals surface area contributed by atoms with Crippen molar-refractivity contribution in [2.24, 2.45) is 16.8 Å². The fourth-order valence-electron chi connectivity index (χ4n) is 3.88. The zero-order valence-corrected chi connectivity index (χ0v) is 15.7. The van der Waals surface area contributed by atoms with Crippen molar-refractivity contribution in [1.82, 2.24) is 4.57 Å². The van der Waals surface area contributed by atoms with E-state index in [-0.39, 0.29) is 48.2 Å². The van der Waals surface area contributed by atoms with Gasteiger partial charge >= 0.3 is 5.97 Å². The SMILES string of the molecule is CO/N=C1/CN(c2c(F)cc3c(=O)c(C(=O)O)cn(C4CC4)c3c2F)CC1CN. The van der Waals surface area contributed by atoms with E-state index in [2.05, 4.69) is 5.16 Å². The molecular formula is C19H20F2N4O4. The monoisotopic (exact) mass is 406 g/mol. The van der Waals surface area contributed by atoms with Crippen LogP contribution in [0.1, 0.15) is 29.2 Å². The van der Waals surface area contributed by atoms with Gasteiger partial charge in [-0.3, -0.25) is 4.79 Å². The van der Waals surface area contributed by atoms with Crippen molar-refractivity contribution in [2.75, 3.05) is 31.6 Å². The number of benzene rings is 1. The van der Waals surface area contributed by atoms with E-state index in [0.717, 1.165) is 25.1 Å². The quantitative estimate of drug-likeness (QED) is 0.732. The fourth-order valence-corrected chi connectivity index (χ4v) is 3.88. The number of carbonyl (C=O) groups is 1. The van der Waals surface area contributed by atoms with Gasteiger partial charge in [0.05, 0.1) is 23.2 Å². The van der Waals surface area contributed by atoms with Crippen molar-refractivity contribution >= 4 is 28.3 Å². The number of carboxylic acids is 1. The van der Waals surface area contributed by atoms with Crippen molar-refractivity contribution in [1.29, 1.82) is 0 Å². The Morgan fingerprint density at radius 1 is 1.41 bits per heavy atom. The van der Waals surface area contributed by atoms with Crippen LogP contribution < -0.4 is 16.1 Å². The van der Waals surface area contributed by atoms with Crippen molar-refractivity contribution in [3.8, 4) is 0 Å². The summed E-state index contributed by atoms with van der Waals surface area (Å²) in [6.45, 7) is 0.624. The third-order valence-corrected chi connectivity index (χ3v) is 5.43. The molecule has 154 valence electrons. The van der Waals surface area contributed by atoms with E-state index >= 15 is 4.39 Å². The molecule has 4 rings (SSSR count). The summed E-state index contributed by atoms with van der Waals surface area (Å²) in [6, 6.07) is 0.801.